The minimum absolute atomic E-state index is 0.186. The zero-order valence-electron chi connectivity index (χ0n) is 17.1. The number of amides is 3. The van der Waals surface area contributed by atoms with E-state index in [1.807, 2.05) is 20.8 Å². The summed E-state index contributed by atoms with van der Waals surface area (Å²) in [5, 5.41) is 5.44. The number of benzene rings is 1. The van der Waals surface area contributed by atoms with Gasteiger partial charge in [-0.05, 0) is 46.2 Å². The van der Waals surface area contributed by atoms with Gasteiger partial charge in [0, 0.05) is 23.3 Å². The van der Waals surface area contributed by atoms with E-state index in [-0.39, 0.29) is 24.0 Å². The van der Waals surface area contributed by atoms with E-state index in [0.717, 1.165) is 6.42 Å². The number of nitrogens with one attached hydrogen (secondary N) is 2. The molecule has 3 amide bonds. The number of rotatable bonds is 6. The maximum atomic E-state index is 12.6. The molecule has 0 fully saturated rings. The van der Waals surface area contributed by atoms with Crippen LogP contribution in [0.2, 0.25) is 0 Å². The van der Waals surface area contributed by atoms with Crippen molar-refractivity contribution >= 4 is 23.4 Å². The summed E-state index contributed by atoms with van der Waals surface area (Å²) in [6.45, 7) is 10.00. The molecule has 8 nitrogen and oxygen atoms in total. The Morgan fingerprint density at radius 2 is 1.79 bits per heavy atom. The van der Waals surface area contributed by atoms with Gasteiger partial charge in [0.05, 0.1) is 0 Å². The third kappa shape index (κ3) is 5.61. The molecule has 154 valence electrons. The molecule has 1 aliphatic heterocycles. The van der Waals surface area contributed by atoms with E-state index in [9.17, 15) is 14.4 Å². The lowest BCUT2D eigenvalue weighted by Crippen LogP contribution is -2.52. The quantitative estimate of drug-likeness (QED) is 0.723. The third-order valence-corrected chi connectivity index (χ3v) is 4.55. The number of nitrogens with zero attached hydrogens (tertiary/aromatic N) is 1. The Kier molecular flexibility index (Phi) is 6.88. The molecule has 0 aliphatic carbocycles. The maximum absolute atomic E-state index is 12.6. The van der Waals surface area contributed by atoms with Gasteiger partial charge in [-0.3, -0.25) is 14.4 Å². The molecule has 8 heteroatoms. The number of carbonyl (C=O) groups is 3. The first-order valence-electron chi connectivity index (χ1n) is 9.45. The Morgan fingerprint density at radius 1 is 1.14 bits per heavy atom. The summed E-state index contributed by atoms with van der Waals surface area (Å²) in [5.74, 6) is -0.781. The van der Waals surface area contributed by atoms with Crippen molar-refractivity contribution in [3.63, 3.8) is 0 Å². The number of carbonyl (C=O) groups excluding carboxylic acids is 3. The minimum atomic E-state index is -0.812. The summed E-state index contributed by atoms with van der Waals surface area (Å²) in [6, 6.07) is 4.61. The van der Waals surface area contributed by atoms with Gasteiger partial charge in [0.1, 0.15) is 19.8 Å². The van der Waals surface area contributed by atoms with Crippen molar-refractivity contribution in [2.75, 3.05) is 25.1 Å². The first-order valence-corrected chi connectivity index (χ1v) is 9.45. The largest absolute Gasteiger partial charge is 0.486 e. The SMILES string of the molecule is CCC(C)(C)NC(=O)CN(C(=O)C(=O)Nc1ccc2c(c1)OCCO2)C(C)C. The Balaban J connectivity index is 2.04. The second-order valence-electron chi connectivity index (χ2n) is 7.62. The van der Waals surface area contributed by atoms with Gasteiger partial charge in [-0.25, -0.2) is 0 Å². The first kappa shape index (κ1) is 21.5. The van der Waals surface area contributed by atoms with Gasteiger partial charge in [-0.15, -0.1) is 0 Å². The van der Waals surface area contributed by atoms with E-state index >= 15 is 0 Å². The molecule has 0 saturated carbocycles. The molecular weight excluding hydrogens is 362 g/mol. The zero-order chi connectivity index (χ0) is 20.9. The molecule has 28 heavy (non-hydrogen) atoms. The Bertz CT molecular complexity index is 745. The molecule has 1 aromatic carbocycles. The van der Waals surface area contributed by atoms with Crippen LogP contribution < -0.4 is 20.1 Å². The van der Waals surface area contributed by atoms with Crippen molar-refractivity contribution < 1.29 is 23.9 Å². The number of fused-ring (bicyclic) bond motifs is 1. The predicted octanol–water partition coefficient (Wildman–Crippen LogP) is 1.94. The van der Waals surface area contributed by atoms with Crippen molar-refractivity contribution in [3.05, 3.63) is 18.2 Å². The normalized spacial score (nSPS) is 13.1. The minimum Gasteiger partial charge on any atom is -0.486 e. The van der Waals surface area contributed by atoms with Crippen molar-refractivity contribution in [1.29, 1.82) is 0 Å². The van der Waals surface area contributed by atoms with Gasteiger partial charge in [0.15, 0.2) is 11.5 Å². The summed E-state index contributed by atoms with van der Waals surface area (Å²) in [7, 11) is 0. The summed E-state index contributed by atoms with van der Waals surface area (Å²) >= 11 is 0. The molecule has 0 saturated heterocycles. The van der Waals surface area contributed by atoms with E-state index < -0.39 is 11.8 Å². The average molecular weight is 391 g/mol. The van der Waals surface area contributed by atoms with Crippen molar-refractivity contribution in [2.24, 2.45) is 0 Å². The molecule has 0 radical (unpaired) electrons. The molecule has 0 unspecified atom stereocenters. The summed E-state index contributed by atoms with van der Waals surface area (Å²) in [4.78, 5) is 38.6. The van der Waals surface area contributed by atoms with E-state index in [2.05, 4.69) is 10.6 Å². The average Bonchev–Trinajstić information content (AvgIpc) is 2.64. The van der Waals surface area contributed by atoms with Gasteiger partial charge in [-0.2, -0.15) is 0 Å². The smallest absolute Gasteiger partial charge is 0.313 e. The molecule has 2 N–H and O–H groups in total. The molecule has 1 aliphatic rings. The van der Waals surface area contributed by atoms with Crippen molar-refractivity contribution in [1.82, 2.24) is 10.2 Å². The van der Waals surface area contributed by atoms with Crippen LogP contribution in [0.1, 0.15) is 41.0 Å². The fraction of sp³-hybridized carbons (Fsp3) is 0.550. The number of hydrogen-bond donors (Lipinski definition) is 2. The van der Waals surface area contributed by atoms with Crippen LogP contribution in [0.25, 0.3) is 0 Å². The lowest BCUT2D eigenvalue weighted by Gasteiger charge is -2.29. The molecule has 0 spiro atoms. The molecule has 1 aromatic rings. The predicted molar refractivity (Wildman–Crippen MR) is 105 cm³/mol. The highest BCUT2D eigenvalue weighted by atomic mass is 16.6. The number of ether oxygens (including phenoxy) is 2. The number of hydrogen-bond acceptors (Lipinski definition) is 5. The Hall–Kier alpha value is -2.77. The van der Waals surface area contributed by atoms with Crippen molar-refractivity contribution in [2.45, 2.75) is 52.6 Å². The highest BCUT2D eigenvalue weighted by Gasteiger charge is 2.28. The lowest BCUT2D eigenvalue weighted by molar-refractivity contribution is -0.146. The summed E-state index contributed by atoms with van der Waals surface area (Å²) < 4.78 is 10.9. The van der Waals surface area contributed by atoms with Crippen LogP contribution in [0.15, 0.2) is 18.2 Å². The zero-order valence-corrected chi connectivity index (χ0v) is 17.1. The second-order valence-corrected chi connectivity index (χ2v) is 7.62. The standard InChI is InChI=1S/C20H29N3O5/c1-6-20(4,5)22-17(24)12-23(13(2)3)19(26)18(25)21-14-7-8-15-16(11-14)28-10-9-27-15/h7-8,11,13H,6,9-10,12H2,1-5H3,(H,21,25)(H,22,24). The van der Waals surface area contributed by atoms with Crippen LogP contribution in [-0.4, -0.2) is 54.0 Å². The molecule has 0 bridgehead atoms. The Labute approximate surface area is 165 Å². The van der Waals surface area contributed by atoms with Gasteiger partial charge in [0.2, 0.25) is 5.91 Å². The van der Waals surface area contributed by atoms with Crippen LogP contribution in [0, 0.1) is 0 Å². The van der Waals surface area contributed by atoms with Crippen LogP contribution in [0.3, 0.4) is 0 Å². The van der Waals surface area contributed by atoms with E-state index in [1.54, 1.807) is 32.0 Å². The highest BCUT2D eigenvalue weighted by molar-refractivity contribution is 6.39. The van der Waals surface area contributed by atoms with Gasteiger partial charge < -0.3 is 25.0 Å². The number of anilines is 1. The van der Waals surface area contributed by atoms with Crippen LogP contribution in [-0.2, 0) is 14.4 Å². The monoisotopic (exact) mass is 391 g/mol. The summed E-state index contributed by atoms with van der Waals surface area (Å²) in [6.07, 6.45) is 0.749. The lowest BCUT2D eigenvalue weighted by atomic mass is 10.0. The molecule has 1 heterocycles. The molecular formula is C20H29N3O5. The maximum Gasteiger partial charge on any atom is 0.313 e. The van der Waals surface area contributed by atoms with E-state index in [4.69, 9.17) is 9.47 Å². The molecule has 0 aromatic heterocycles. The fourth-order valence-corrected chi connectivity index (χ4v) is 2.59. The van der Waals surface area contributed by atoms with Crippen molar-refractivity contribution in [3.8, 4) is 11.5 Å². The molecule has 2 rings (SSSR count). The van der Waals surface area contributed by atoms with Crippen LogP contribution >= 0.6 is 0 Å². The fourth-order valence-electron chi connectivity index (χ4n) is 2.59. The highest BCUT2D eigenvalue weighted by Crippen LogP contribution is 2.32. The van der Waals surface area contributed by atoms with Crippen LogP contribution in [0.4, 0.5) is 5.69 Å². The van der Waals surface area contributed by atoms with Gasteiger partial charge in [0.25, 0.3) is 0 Å². The van der Waals surface area contributed by atoms with Crippen LogP contribution in [0.5, 0.6) is 11.5 Å². The van der Waals surface area contributed by atoms with Gasteiger partial charge in [-0.1, -0.05) is 6.92 Å². The second kappa shape index (κ2) is 8.95. The summed E-state index contributed by atoms with van der Waals surface area (Å²) in [5.41, 5.74) is 0.0406. The Morgan fingerprint density at radius 3 is 2.39 bits per heavy atom. The molecule has 0 atom stereocenters. The van der Waals surface area contributed by atoms with E-state index in [0.29, 0.717) is 30.4 Å². The first-order chi connectivity index (χ1) is 13.1. The third-order valence-electron chi connectivity index (χ3n) is 4.55. The van der Waals surface area contributed by atoms with E-state index in [1.165, 1.54) is 4.90 Å². The van der Waals surface area contributed by atoms with Gasteiger partial charge >= 0.3 is 11.8 Å². The topological polar surface area (TPSA) is 97.0 Å².